The fourth-order valence-electron chi connectivity index (χ4n) is 2.10. The van der Waals surface area contributed by atoms with Gasteiger partial charge in [-0.3, -0.25) is 19.3 Å². The minimum absolute atomic E-state index is 0.0698. The molecule has 0 radical (unpaired) electrons. The highest BCUT2D eigenvalue weighted by molar-refractivity contribution is 6.01. The van der Waals surface area contributed by atoms with Gasteiger partial charge in [-0.1, -0.05) is 0 Å². The molecule has 19 heavy (non-hydrogen) atoms. The first kappa shape index (κ1) is 14.0. The summed E-state index contributed by atoms with van der Waals surface area (Å²) in [5.41, 5.74) is -0.291. The van der Waals surface area contributed by atoms with Crippen molar-refractivity contribution in [3.63, 3.8) is 0 Å². The number of amides is 3. The summed E-state index contributed by atoms with van der Waals surface area (Å²) >= 11 is 0. The van der Waals surface area contributed by atoms with Crippen LogP contribution in [0.15, 0.2) is 0 Å². The van der Waals surface area contributed by atoms with E-state index in [9.17, 15) is 14.4 Å². The van der Waals surface area contributed by atoms with Gasteiger partial charge in [-0.25, -0.2) is 0 Å². The van der Waals surface area contributed by atoms with E-state index in [0.717, 1.165) is 18.0 Å². The third-order valence-corrected chi connectivity index (χ3v) is 3.53. The van der Waals surface area contributed by atoms with Crippen LogP contribution in [-0.4, -0.2) is 61.0 Å². The lowest BCUT2D eigenvalue weighted by atomic mass is 10.0. The molecule has 2 saturated heterocycles. The average molecular weight is 269 g/mol. The Hall–Kier alpha value is -1.47. The fraction of sp³-hybridized carbons (Fsp3) is 0.750. The number of nitrogens with one attached hydrogen (secondary N) is 2. The third-order valence-electron chi connectivity index (χ3n) is 3.53. The molecule has 7 heteroatoms. The Balaban J connectivity index is 1.78. The van der Waals surface area contributed by atoms with Crippen molar-refractivity contribution in [1.29, 1.82) is 0 Å². The zero-order valence-electron chi connectivity index (χ0n) is 11.2. The van der Waals surface area contributed by atoms with Crippen LogP contribution in [0, 0.1) is 0 Å². The van der Waals surface area contributed by atoms with Gasteiger partial charge in [0, 0.05) is 26.6 Å². The molecule has 106 valence electrons. The average Bonchev–Trinajstić information content (AvgIpc) is 2.35. The molecule has 3 amide bonds. The molecular weight excluding hydrogens is 250 g/mol. The quantitative estimate of drug-likeness (QED) is 0.615. The molecule has 2 fully saturated rings. The van der Waals surface area contributed by atoms with E-state index in [1.54, 1.807) is 0 Å². The van der Waals surface area contributed by atoms with Crippen LogP contribution in [0.2, 0.25) is 0 Å². The molecule has 1 unspecified atom stereocenters. The molecule has 7 nitrogen and oxygen atoms in total. The lowest BCUT2D eigenvalue weighted by Gasteiger charge is -2.39. The predicted molar refractivity (Wildman–Crippen MR) is 66.2 cm³/mol. The zero-order chi connectivity index (χ0) is 14.0. The Bertz CT molecular complexity index is 406. The number of likely N-dealkylation sites (tertiary alicyclic amines) is 1. The van der Waals surface area contributed by atoms with Crippen LogP contribution in [0.5, 0.6) is 0 Å². The van der Waals surface area contributed by atoms with Crippen LogP contribution >= 0.6 is 0 Å². The van der Waals surface area contributed by atoms with Crippen LogP contribution in [-0.2, 0) is 19.1 Å². The Morgan fingerprint density at radius 1 is 1.53 bits per heavy atom. The molecule has 1 atom stereocenters. The first-order valence-electron chi connectivity index (χ1n) is 6.36. The minimum Gasteiger partial charge on any atom is -0.363 e. The molecule has 0 aromatic heterocycles. The SMILES string of the molecule is CN1C(=O)CCC(NC(=O)COC2(C)CNC2)C1=O. The van der Waals surface area contributed by atoms with Crippen LogP contribution in [0.1, 0.15) is 19.8 Å². The molecule has 2 rings (SSSR count). The van der Waals surface area contributed by atoms with E-state index < -0.39 is 6.04 Å². The lowest BCUT2D eigenvalue weighted by Crippen LogP contribution is -2.60. The summed E-state index contributed by atoms with van der Waals surface area (Å²) in [5.74, 6) is -0.893. The summed E-state index contributed by atoms with van der Waals surface area (Å²) in [5, 5.41) is 5.68. The smallest absolute Gasteiger partial charge is 0.251 e. The summed E-state index contributed by atoms with van der Waals surface area (Å²) in [4.78, 5) is 35.9. The number of piperidine rings is 1. The zero-order valence-corrected chi connectivity index (χ0v) is 11.2. The molecule has 0 aromatic rings. The third kappa shape index (κ3) is 3.10. The lowest BCUT2D eigenvalue weighted by molar-refractivity contribution is -0.150. The second kappa shape index (κ2) is 5.26. The van der Waals surface area contributed by atoms with Gasteiger partial charge in [0.2, 0.25) is 11.8 Å². The highest BCUT2D eigenvalue weighted by Crippen LogP contribution is 2.15. The maximum atomic E-state index is 11.8. The highest BCUT2D eigenvalue weighted by atomic mass is 16.5. The Kier molecular flexibility index (Phi) is 3.86. The predicted octanol–water partition coefficient (Wildman–Crippen LogP) is -1.37. The van der Waals surface area contributed by atoms with Gasteiger partial charge in [-0.15, -0.1) is 0 Å². The normalized spacial score (nSPS) is 26.0. The second-order valence-electron chi connectivity index (χ2n) is 5.29. The maximum Gasteiger partial charge on any atom is 0.251 e. The summed E-state index contributed by atoms with van der Waals surface area (Å²) in [6, 6.07) is -0.619. The molecular formula is C12H19N3O4. The van der Waals surface area contributed by atoms with E-state index in [0.29, 0.717) is 6.42 Å². The van der Waals surface area contributed by atoms with Gasteiger partial charge >= 0.3 is 0 Å². The van der Waals surface area contributed by atoms with Gasteiger partial charge in [-0.2, -0.15) is 0 Å². The van der Waals surface area contributed by atoms with E-state index in [1.165, 1.54) is 7.05 Å². The van der Waals surface area contributed by atoms with E-state index in [2.05, 4.69) is 10.6 Å². The molecule has 2 N–H and O–H groups in total. The van der Waals surface area contributed by atoms with Gasteiger partial charge in [0.1, 0.15) is 12.6 Å². The number of likely N-dealkylation sites (N-methyl/N-ethyl adjacent to an activating group) is 1. The highest BCUT2D eigenvalue weighted by Gasteiger charge is 2.35. The van der Waals surface area contributed by atoms with Crippen LogP contribution in [0.3, 0.4) is 0 Å². The first-order valence-corrected chi connectivity index (χ1v) is 6.36. The number of imide groups is 1. The molecule has 0 bridgehead atoms. The summed E-state index contributed by atoms with van der Waals surface area (Å²) in [7, 11) is 1.43. The van der Waals surface area contributed by atoms with Gasteiger partial charge in [0.25, 0.3) is 5.91 Å². The standard InChI is InChI=1S/C12H19N3O4/c1-12(6-13-7-12)19-5-9(16)14-8-3-4-10(17)15(2)11(8)18/h8,13H,3-7H2,1-2H3,(H,14,16). The van der Waals surface area contributed by atoms with Crippen LogP contribution in [0.25, 0.3) is 0 Å². The number of hydrogen-bond acceptors (Lipinski definition) is 5. The molecule has 0 saturated carbocycles. The maximum absolute atomic E-state index is 11.8. The monoisotopic (exact) mass is 269 g/mol. The van der Waals surface area contributed by atoms with Gasteiger partial charge in [-0.05, 0) is 13.3 Å². The number of rotatable bonds is 4. The Morgan fingerprint density at radius 2 is 2.21 bits per heavy atom. The number of carbonyl (C=O) groups excluding carboxylic acids is 3. The first-order chi connectivity index (χ1) is 8.91. The molecule has 2 aliphatic heterocycles. The second-order valence-corrected chi connectivity index (χ2v) is 5.29. The van der Waals surface area contributed by atoms with Crippen molar-refractivity contribution in [2.24, 2.45) is 0 Å². The summed E-state index contributed by atoms with van der Waals surface area (Å²) in [6.07, 6.45) is 0.627. The van der Waals surface area contributed by atoms with Gasteiger partial charge in [0.05, 0.1) is 5.60 Å². The van der Waals surface area contributed by atoms with Crippen molar-refractivity contribution in [2.45, 2.75) is 31.4 Å². The molecule has 0 aliphatic carbocycles. The van der Waals surface area contributed by atoms with Crippen LogP contribution < -0.4 is 10.6 Å². The molecule has 2 aliphatic rings. The van der Waals surface area contributed by atoms with Crippen molar-refractivity contribution in [3.8, 4) is 0 Å². The van der Waals surface area contributed by atoms with E-state index >= 15 is 0 Å². The Labute approximate surface area is 111 Å². The molecule has 2 heterocycles. The number of carbonyl (C=O) groups is 3. The number of hydrogen-bond donors (Lipinski definition) is 2. The van der Waals surface area contributed by atoms with E-state index in [4.69, 9.17) is 4.74 Å². The minimum atomic E-state index is -0.619. The van der Waals surface area contributed by atoms with E-state index in [1.807, 2.05) is 6.92 Å². The Morgan fingerprint density at radius 3 is 2.79 bits per heavy atom. The number of nitrogens with zero attached hydrogens (tertiary/aromatic N) is 1. The van der Waals surface area contributed by atoms with E-state index in [-0.39, 0.29) is 36.4 Å². The fourth-order valence-corrected chi connectivity index (χ4v) is 2.10. The van der Waals surface area contributed by atoms with Gasteiger partial charge in [0.15, 0.2) is 0 Å². The summed E-state index contributed by atoms with van der Waals surface area (Å²) < 4.78 is 5.49. The van der Waals surface area contributed by atoms with Crippen molar-refractivity contribution >= 4 is 17.7 Å². The number of ether oxygens (including phenoxy) is 1. The largest absolute Gasteiger partial charge is 0.363 e. The van der Waals surface area contributed by atoms with Crippen molar-refractivity contribution in [1.82, 2.24) is 15.5 Å². The van der Waals surface area contributed by atoms with Crippen molar-refractivity contribution in [3.05, 3.63) is 0 Å². The topological polar surface area (TPSA) is 87.7 Å². The molecule has 0 aromatic carbocycles. The summed E-state index contributed by atoms with van der Waals surface area (Å²) in [6.45, 7) is 3.30. The molecule has 0 spiro atoms. The van der Waals surface area contributed by atoms with Crippen molar-refractivity contribution < 1.29 is 19.1 Å². The van der Waals surface area contributed by atoms with Crippen LogP contribution in [0.4, 0.5) is 0 Å². The van der Waals surface area contributed by atoms with Gasteiger partial charge < -0.3 is 15.4 Å². The van der Waals surface area contributed by atoms with Crippen molar-refractivity contribution in [2.75, 3.05) is 26.7 Å².